The van der Waals surface area contributed by atoms with Crippen LogP contribution in [-0.2, 0) is 9.59 Å². The Kier molecular flexibility index (Phi) is 5.08. The standard InChI is InChI=1S/C14H16F2N2O3/c15-14(16)21-11-6-2-1-5-10(11)17-12(19)9-18-8-4-3-7-13(18)20/h1-2,5-6,14H,3-4,7-9H2,(H,17,19). The van der Waals surface area contributed by atoms with Gasteiger partial charge in [0.15, 0.2) is 0 Å². The third kappa shape index (κ3) is 4.40. The Bertz CT molecular complexity index is 523. The molecule has 0 atom stereocenters. The average Bonchev–Trinajstić information content (AvgIpc) is 2.43. The fourth-order valence-electron chi connectivity index (χ4n) is 2.16. The van der Waals surface area contributed by atoms with Crippen LogP contribution in [0, 0.1) is 0 Å². The number of halogens is 2. The van der Waals surface area contributed by atoms with Crippen LogP contribution in [-0.4, -0.2) is 36.4 Å². The molecular weight excluding hydrogens is 282 g/mol. The summed E-state index contributed by atoms with van der Waals surface area (Å²) in [5.74, 6) is -0.602. The number of anilines is 1. The van der Waals surface area contributed by atoms with Crippen molar-refractivity contribution in [2.45, 2.75) is 25.9 Å². The molecule has 2 rings (SSSR count). The molecule has 1 aliphatic heterocycles. The molecular formula is C14H16F2N2O3. The van der Waals surface area contributed by atoms with Gasteiger partial charge >= 0.3 is 6.61 Å². The number of nitrogens with one attached hydrogen (secondary N) is 1. The summed E-state index contributed by atoms with van der Waals surface area (Å²) < 4.78 is 28.9. The predicted molar refractivity (Wildman–Crippen MR) is 72.1 cm³/mol. The van der Waals surface area contributed by atoms with E-state index < -0.39 is 12.5 Å². The quantitative estimate of drug-likeness (QED) is 0.907. The molecule has 0 radical (unpaired) electrons. The lowest BCUT2D eigenvalue weighted by Crippen LogP contribution is -2.40. The van der Waals surface area contributed by atoms with Crippen molar-refractivity contribution in [3.63, 3.8) is 0 Å². The molecule has 1 N–H and O–H groups in total. The third-order valence-corrected chi connectivity index (χ3v) is 3.13. The zero-order valence-electron chi connectivity index (χ0n) is 11.4. The number of alkyl halides is 2. The summed E-state index contributed by atoms with van der Waals surface area (Å²) in [7, 11) is 0. The first-order valence-electron chi connectivity index (χ1n) is 6.68. The highest BCUT2D eigenvalue weighted by Gasteiger charge is 2.21. The smallest absolute Gasteiger partial charge is 0.387 e. The number of hydrogen-bond acceptors (Lipinski definition) is 3. The number of ether oxygens (including phenoxy) is 1. The Labute approximate surface area is 120 Å². The van der Waals surface area contributed by atoms with Crippen molar-refractivity contribution in [2.24, 2.45) is 0 Å². The molecule has 0 unspecified atom stereocenters. The summed E-state index contributed by atoms with van der Waals surface area (Å²) in [6, 6.07) is 5.93. The summed E-state index contributed by atoms with van der Waals surface area (Å²) in [5.41, 5.74) is 0.159. The van der Waals surface area contributed by atoms with Crippen molar-refractivity contribution in [3.05, 3.63) is 24.3 Å². The fraction of sp³-hybridized carbons (Fsp3) is 0.429. The molecule has 7 heteroatoms. The van der Waals surface area contributed by atoms with Crippen LogP contribution in [0.1, 0.15) is 19.3 Å². The number of rotatable bonds is 5. The number of piperidine rings is 1. The molecule has 1 fully saturated rings. The minimum Gasteiger partial charge on any atom is -0.433 e. The van der Waals surface area contributed by atoms with E-state index in [-0.39, 0.29) is 23.9 Å². The van der Waals surface area contributed by atoms with Gasteiger partial charge in [-0.3, -0.25) is 9.59 Å². The van der Waals surface area contributed by atoms with Crippen LogP contribution in [0.5, 0.6) is 5.75 Å². The minimum atomic E-state index is -2.97. The van der Waals surface area contributed by atoms with E-state index in [9.17, 15) is 18.4 Å². The van der Waals surface area contributed by atoms with E-state index in [4.69, 9.17) is 0 Å². The molecule has 0 aromatic heterocycles. The number of hydrogen-bond donors (Lipinski definition) is 1. The Hall–Kier alpha value is -2.18. The van der Waals surface area contributed by atoms with Crippen LogP contribution >= 0.6 is 0 Å². The summed E-state index contributed by atoms with van der Waals surface area (Å²) in [4.78, 5) is 25.0. The number of para-hydroxylation sites is 2. The van der Waals surface area contributed by atoms with Gasteiger partial charge in [-0.25, -0.2) is 0 Å². The SMILES string of the molecule is O=C(CN1CCCCC1=O)Nc1ccccc1OC(F)F. The fourth-order valence-corrected chi connectivity index (χ4v) is 2.16. The molecule has 1 aromatic rings. The van der Waals surface area contributed by atoms with Crippen molar-refractivity contribution in [2.75, 3.05) is 18.4 Å². The molecule has 0 aliphatic carbocycles. The lowest BCUT2D eigenvalue weighted by Gasteiger charge is -2.26. The summed E-state index contributed by atoms with van der Waals surface area (Å²) in [6.45, 7) is -2.50. The van der Waals surface area contributed by atoms with Crippen LogP contribution < -0.4 is 10.1 Å². The van der Waals surface area contributed by atoms with Gasteiger partial charge in [-0.15, -0.1) is 0 Å². The Morgan fingerprint density at radius 1 is 1.33 bits per heavy atom. The van der Waals surface area contributed by atoms with Gasteiger partial charge in [0.1, 0.15) is 5.75 Å². The molecule has 2 amide bonds. The zero-order chi connectivity index (χ0) is 15.2. The molecule has 1 saturated heterocycles. The van der Waals surface area contributed by atoms with E-state index in [0.717, 1.165) is 12.8 Å². The van der Waals surface area contributed by atoms with Crippen molar-refractivity contribution >= 4 is 17.5 Å². The average molecular weight is 298 g/mol. The van der Waals surface area contributed by atoms with Gasteiger partial charge in [-0.1, -0.05) is 12.1 Å². The highest BCUT2D eigenvalue weighted by Crippen LogP contribution is 2.25. The first-order valence-corrected chi connectivity index (χ1v) is 6.68. The number of likely N-dealkylation sites (tertiary alicyclic amines) is 1. The van der Waals surface area contributed by atoms with Gasteiger partial charge in [0.05, 0.1) is 12.2 Å². The number of carbonyl (C=O) groups is 2. The van der Waals surface area contributed by atoms with Gasteiger partial charge in [0.25, 0.3) is 0 Å². The van der Waals surface area contributed by atoms with Crippen molar-refractivity contribution in [1.82, 2.24) is 4.90 Å². The summed E-state index contributed by atoms with van der Waals surface area (Å²) in [5, 5.41) is 2.49. The maximum atomic E-state index is 12.3. The topological polar surface area (TPSA) is 58.6 Å². The van der Waals surface area contributed by atoms with Crippen LogP contribution in [0.2, 0.25) is 0 Å². The first-order chi connectivity index (χ1) is 10.1. The Morgan fingerprint density at radius 2 is 2.10 bits per heavy atom. The van der Waals surface area contributed by atoms with Gasteiger partial charge in [0, 0.05) is 13.0 Å². The van der Waals surface area contributed by atoms with E-state index in [1.807, 2.05) is 0 Å². The second-order valence-electron chi connectivity index (χ2n) is 4.70. The van der Waals surface area contributed by atoms with E-state index in [1.165, 1.54) is 23.1 Å². The van der Waals surface area contributed by atoms with E-state index in [2.05, 4.69) is 10.1 Å². The van der Waals surface area contributed by atoms with Crippen LogP contribution in [0.15, 0.2) is 24.3 Å². The summed E-state index contributed by atoms with van der Waals surface area (Å²) >= 11 is 0. The van der Waals surface area contributed by atoms with Crippen LogP contribution in [0.3, 0.4) is 0 Å². The van der Waals surface area contributed by atoms with Gasteiger partial charge in [-0.2, -0.15) is 8.78 Å². The summed E-state index contributed by atoms with van der Waals surface area (Å²) in [6.07, 6.45) is 2.14. The van der Waals surface area contributed by atoms with E-state index in [1.54, 1.807) is 6.07 Å². The maximum Gasteiger partial charge on any atom is 0.387 e. The van der Waals surface area contributed by atoms with Crippen LogP contribution in [0.25, 0.3) is 0 Å². The van der Waals surface area contributed by atoms with Crippen molar-refractivity contribution in [1.29, 1.82) is 0 Å². The highest BCUT2D eigenvalue weighted by molar-refractivity contribution is 5.95. The number of carbonyl (C=O) groups excluding carboxylic acids is 2. The second-order valence-corrected chi connectivity index (χ2v) is 4.70. The monoisotopic (exact) mass is 298 g/mol. The Balaban J connectivity index is 1.97. The molecule has 1 aliphatic rings. The third-order valence-electron chi connectivity index (χ3n) is 3.13. The Morgan fingerprint density at radius 3 is 2.81 bits per heavy atom. The highest BCUT2D eigenvalue weighted by atomic mass is 19.3. The lowest BCUT2D eigenvalue weighted by atomic mass is 10.1. The van der Waals surface area contributed by atoms with Crippen molar-refractivity contribution < 1.29 is 23.1 Å². The molecule has 5 nitrogen and oxygen atoms in total. The first kappa shape index (κ1) is 15.2. The maximum absolute atomic E-state index is 12.3. The normalized spacial score (nSPS) is 15.2. The lowest BCUT2D eigenvalue weighted by molar-refractivity contribution is -0.136. The predicted octanol–water partition coefficient (Wildman–Crippen LogP) is 2.24. The van der Waals surface area contributed by atoms with E-state index >= 15 is 0 Å². The number of nitrogens with zero attached hydrogens (tertiary/aromatic N) is 1. The van der Waals surface area contributed by atoms with Gasteiger partial charge < -0.3 is 15.0 Å². The molecule has 1 heterocycles. The zero-order valence-corrected chi connectivity index (χ0v) is 11.4. The molecule has 0 bridgehead atoms. The molecule has 0 saturated carbocycles. The number of benzene rings is 1. The van der Waals surface area contributed by atoms with Gasteiger partial charge in [0.2, 0.25) is 11.8 Å². The van der Waals surface area contributed by atoms with Crippen molar-refractivity contribution in [3.8, 4) is 5.75 Å². The largest absolute Gasteiger partial charge is 0.433 e. The molecule has 0 spiro atoms. The molecule has 21 heavy (non-hydrogen) atoms. The molecule has 1 aromatic carbocycles. The van der Waals surface area contributed by atoms with E-state index in [0.29, 0.717) is 13.0 Å². The second kappa shape index (κ2) is 7.01. The minimum absolute atomic E-state index is 0.0616. The number of amides is 2. The van der Waals surface area contributed by atoms with Gasteiger partial charge in [-0.05, 0) is 25.0 Å². The van der Waals surface area contributed by atoms with Crippen LogP contribution in [0.4, 0.5) is 14.5 Å². The molecule has 114 valence electrons.